The number of hydrogen-bond acceptors (Lipinski definition) is 6. The highest BCUT2D eigenvalue weighted by atomic mass is 35.5. The van der Waals surface area contributed by atoms with E-state index in [1.807, 2.05) is 0 Å². The summed E-state index contributed by atoms with van der Waals surface area (Å²) in [6.45, 7) is 5.87. The summed E-state index contributed by atoms with van der Waals surface area (Å²) in [7, 11) is 0. The molecule has 0 aliphatic carbocycles. The number of pyridine rings is 1. The van der Waals surface area contributed by atoms with Crippen LogP contribution in [0.1, 0.15) is 60.5 Å². The number of amides is 2. The molecule has 1 aromatic heterocycles. The second-order valence-electron chi connectivity index (χ2n) is 12.2. The normalized spacial score (nSPS) is 13.1. The Morgan fingerprint density at radius 3 is 2.25 bits per heavy atom. The maximum absolute atomic E-state index is 14.8. The lowest BCUT2D eigenvalue weighted by atomic mass is 9.93. The van der Waals surface area contributed by atoms with Gasteiger partial charge >= 0.3 is 12.2 Å². The zero-order valence-corrected chi connectivity index (χ0v) is 28.2. The zero-order valence-electron chi connectivity index (χ0n) is 27.4. The molecule has 3 rings (SSSR count). The molecule has 0 unspecified atom stereocenters. The Bertz CT molecular complexity index is 1880. The average Bonchev–Trinajstić information content (AvgIpc) is 3.00. The van der Waals surface area contributed by atoms with Crippen LogP contribution >= 0.6 is 11.6 Å². The van der Waals surface area contributed by atoms with E-state index in [0.29, 0.717) is 11.6 Å². The molecule has 0 saturated heterocycles. The van der Waals surface area contributed by atoms with Gasteiger partial charge in [0.25, 0.3) is 0 Å². The molecular formula is C35H33ClF7N5O3. The first kappa shape index (κ1) is 40.6. The van der Waals surface area contributed by atoms with Gasteiger partial charge in [-0.3, -0.25) is 15.0 Å². The number of aromatic nitrogens is 1. The van der Waals surface area contributed by atoms with Gasteiger partial charge in [-0.1, -0.05) is 37.1 Å². The van der Waals surface area contributed by atoms with E-state index in [1.165, 1.54) is 44.2 Å². The molecule has 0 fully saturated rings. The van der Waals surface area contributed by atoms with Gasteiger partial charge in [-0.2, -0.15) is 22.0 Å². The molecule has 0 aliphatic rings. The van der Waals surface area contributed by atoms with E-state index in [9.17, 15) is 45.4 Å². The van der Waals surface area contributed by atoms with Gasteiger partial charge in [-0.05, 0) is 85.2 Å². The molecule has 2 amide bonds. The number of halogens is 8. The largest absolute Gasteiger partial charge is 0.432 e. The predicted molar refractivity (Wildman–Crippen MR) is 177 cm³/mol. The first-order valence-corrected chi connectivity index (χ1v) is 15.4. The van der Waals surface area contributed by atoms with Crippen LogP contribution in [0.4, 0.5) is 30.7 Å². The molecule has 3 aromatic rings. The highest BCUT2D eigenvalue weighted by molar-refractivity contribution is 6.33. The van der Waals surface area contributed by atoms with Crippen molar-refractivity contribution < 1.29 is 45.4 Å². The molecule has 272 valence electrons. The minimum Gasteiger partial charge on any atom is -0.378 e. The van der Waals surface area contributed by atoms with Crippen molar-refractivity contribution in [3.63, 3.8) is 0 Å². The molecule has 0 spiro atoms. The van der Waals surface area contributed by atoms with Crippen LogP contribution in [0.5, 0.6) is 0 Å². The topological polar surface area (TPSA) is 141 Å². The molecule has 0 aliphatic heterocycles. The third-order valence-corrected chi connectivity index (χ3v) is 7.59. The average molecular weight is 740 g/mol. The van der Waals surface area contributed by atoms with Crippen LogP contribution in [0.25, 0.3) is 11.1 Å². The number of rotatable bonds is 13. The van der Waals surface area contributed by atoms with E-state index in [-0.39, 0.29) is 39.5 Å². The van der Waals surface area contributed by atoms with Crippen LogP contribution < -0.4 is 16.4 Å². The number of nitrogens with two attached hydrogens (primary N) is 1. The molecule has 16 heteroatoms. The van der Waals surface area contributed by atoms with Crippen LogP contribution in [-0.2, 0) is 11.2 Å². The number of nitrogens with one attached hydrogen (secondary N) is 3. The highest BCUT2D eigenvalue weighted by Gasteiger charge is 2.40. The molecule has 8 nitrogen and oxygen atoms in total. The fraction of sp³-hybridized carbons (Fsp3) is 0.314. The molecule has 51 heavy (non-hydrogen) atoms. The fourth-order valence-corrected chi connectivity index (χ4v) is 5.01. The first-order valence-electron chi connectivity index (χ1n) is 15.0. The van der Waals surface area contributed by atoms with Crippen molar-refractivity contribution in [1.29, 1.82) is 5.41 Å². The number of carbonyl (C=O) groups excluding carboxylic acids is 2. The van der Waals surface area contributed by atoms with Crippen molar-refractivity contribution in [3.8, 4) is 23.0 Å². The smallest absolute Gasteiger partial charge is 0.378 e. The minimum atomic E-state index is -5.09. The first-order chi connectivity index (χ1) is 23.5. The second-order valence-corrected chi connectivity index (χ2v) is 12.6. The maximum atomic E-state index is 14.8. The number of benzene rings is 2. The van der Waals surface area contributed by atoms with Gasteiger partial charge in [0.15, 0.2) is 0 Å². The third-order valence-electron chi connectivity index (χ3n) is 7.26. The second kappa shape index (κ2) is 16.1. The van der Waals surface area contributed by atoms with Gasteiger partial charge in [-0.15, -0.1) is 0 Å². The van der Waals surface area contributed by atoms with Gasteiger partial charge in [0.2, 0.25) is 11.8 Å². The van der Waals surface area contributed by atoms with E-state index in [0.717, 1.165) is 19.1 Å². The summed E-state index contributed by atoms with van der Waals surface area (Å²) in [6.07, 6.45) is -6.69. The molecule has 6 N–H and O–H groups in total. The number of aliphatic hydroxyl groups is 1. The van der Waals surface area contributed by atoms with E-state index < -0.39 is 77.5 Å². The minimum absolute atomic E-state index is 0.00403. The van der Waals surface area contributed by atoms with Gasteiger partial charge < -0.3 is 16.2 Å². The number of primary amides is 1. The van der Waals surface area contributed by atoms with E-state index >= 15 is 0 Å². The number of allylic oxidation sites excluding steroid dienone is 1. The lowest BCUT2D eigenvalue weighted by Gasteiger charge is -2.25. The van der Waals surface area contributed by atoms with Gasteiger partial charge in [0.05, 0.1) is 28.9 Å². The van der Waals surface area contributed by atoms with Gasteiger partial charge in [0.1, 0.15) is 28.6 Å². The van der Waals surface area contributed by atoms with Crippen LogP contribution in [0.15, 0.2) is 60.7 Å². The molecule has 1 heterocycles. The summed E-state index contributed by atoms with van der Waals surface area (Å²) in [6, 6.07) is 4.50. The standard InChI is InChI=1S/C35H33ClF7N5O3/c1-18(19(2)31(44)35(41,42)43)16-34(39,40)46-17-29(49)48-28(13-20-11-22(37)15-23(38)12-20)30-25(7-6-24(47-30)9-10-33(3,4)51)21-5-8-27(36)26(14-21)32(45)50/h5-8,11-12,14-15,18,28,44,46,51H,2,13,16-17H2,1,3-4H3,(H2,45,50)(H,48,49)/t18-,28-/m0/s1. The molecule has 0 radical (unpaired) electrons. The summed E-state index contributed by atoms with van der Waals surface area (Å²) >= 11 is 6.13. The van der Waals surface area contributed by atoms with E-state index in [1.54, 1.807) is 5.32 Å². The van der Waals surface area contributed by atoms with Crippen LogP contribution in [0.3, 0.4) is 0 Å². The predicted octanol–water partition coefficient (Wildman–Crippen LogP) is 6.65. The van der Waals surface area contributed by atoms with E-state index in [2.05, 4.69) is 28.7 Å². The van der Waals surface area contributed by atoms with Gasteiger partial charge in [-0.25, -0.2) is 19.1 Å². The third kappa shape index (κ3) is 11.9. The maximum Gasteiger partial charge on any atom is 0.432 e. The van der Waals surface area contributed by atoms with Crippen LogP contribution in [-0.4, -0.2) is 52.0 Å². The fourth-order valence-electron chi connectivity index (χ4n) is 4.80. The molecule has 0 bridgehead atoms. The van der Waals surface area contributed by atoms with Crippen molar-refractivity contribution >= 4 is 29.1 Å². The number of hydrogen-bond donors (Lipinski definition) is 5. The Morgan fingerprint density at radius 2 is 1.69 bits per heavy atom. The van der Waals surface area contributed by atoms with Crippen molar-refractivity contribution in [2.24, 2.45) is 11.7 Å². The molecule has 2 aromatic carbocycles. The monoisotopic (exact) mass is 739 g/mol. The SMILES string of the molecule is C=C(C(=N)C(F)(F)F)[C@@H](C)CC(F)(F)NCC(=O)N[C@@H](Cc1cc(F)cc(F)c1)c1nc(C#CC(C)(C)O)ccc1-c1ccc(Cl)c(C(N)=O)c1. The Kier molecular flexibility index (Phi) is 12.8. The summed E-state index contributed by atoms with van der Waals surface area (Å²) < 4.78 is 96.9. The Labute approximate surface area is 293 Å². The van der Waals surface area contributed by atoms with Crippen molar-refractivity contribution in [2.75, 3.05) is 6.54 Å². The van der Waals surface area contributed by atoms with Gasteiger partial charge in [0, 0.05) is 18.1 Å². The van der Waals surface area contributed by atoms with Crippen molar-refractivity contribution in [1.82, 2.24) is 15.6 Å². The quantitative estimate of drug-likeness (QED) is 0.0578. The lowest BCUT2D eigenvalue weighted by molar-refractivity contribution is -0.124. The summed E-state index contributed by atoms with van der Waals surface area (Å²) in [5.74, 6) is -0.109. The number of carbonyl (C=O) groups is 2. The van der Waals surface area contributed by atoms with Crippen molar-refractivity contribution in [2.45, 2.75) is 57.5 Å². The molecular weight excluding hydrogens is 707 g/mol. The molecule has 0 saturated carbocycles. The summed E-state index contributed by atoms with van der Waals surface area (Å²) in [4.78, 5) is 29.8. The Hall–Kier alpha value is -4.78. The summed E-state index contributed by atoms with van der Waals surface area (Å²) in [5.41, 5.74) is 1.82. The van der Waals surface area contributed by atoms with Crippen LogP contribution in [0, 0.1) is 34.8 Å². The highest BCUT2D eigenvalue weighted by Crippen LogP contribution is 2.33. The lowest BCUT2D eigenvalue weighted by Crippen LogP contribution is -2.45. The van der Waals surface area contributed by atoms with Crippen LogP contribution in [0.2, 0.25) is 5.02 Å². The summed E-state index contributed by atoms with van der Waals surface area (Å²) in [5, 5.41) is 21.5. The Balaban J connectivity index is 2.06. The Morgan fingerprint density at radius 1 is 1.06 bits per heavy atom. The number of nitrogens with zero attached hydrogens (tertiary/aromatic N) is 1. The zero-order chi connectivity index (χ0) is 38.5. The number of alkyl halides is 5. The molecule has 2 atom stereocenters. The van der Waals surface area contributed by atoms with Crippen molar-refractivity contribution in [3.05, 3.63) is 99.9 Å². The van der Waals surface area contributed by atoms with E-state index in [4.69, 9.17) is 22.7 Å².